The van der Waals surface area contributed by atoms with Crippen molar-refractivity contribution in [3.63, 3.8) is 0 Å². The fraction of sp³-hybridized carbons (Fsp3) is 0.600. The SMILES string of the molecule is Cc1cc(C)cc(OCC(O)CN2CCOCC2)c1.Cc1ccc(OCC(O)CN2CCOCC2)c(C)c1. The summed E-state index contributed by atoms with van der Waals surface area (Å²) in [4.78, 5) is 4.42. The van der Waals surface area contributed by atoms with Crippen LogP contribution < -0.4 is 9.47 Å². The summed E-state index contributed by atoms with van der Waals surface area (Å²) in [6.07, 6.45) is -0.919. The summed E-state index contributed by atoms with van der Waals surface area (Å²) in [7, 11) is 0. The van der Waals surface area contributed by atoms with Crippen molar-refractivity contribution in [1.82, 2.24) is 9.80 Å². The Kier molecular flexibility index (Phi) is 12.8. The maximum absolute atomic E-state index is 10.0. The molecule has 2 aromatic rings. The number of aryl methyl sites for hydroxylation is 4. The van der Waals surface area contributed by atoms with Gasteiger partial charge >= 0.3 is 0 Å². The van der Waals surface area contributed by atoms with Crippen molar-refractivity contribution in [3.8, 4) is 11.5 Å². The maximum Gasteiger partial charge on any atom is 0.122 e. The molecule has 0 bridgehead atoms. The molecular formula is C30H46N2O6. The Morgan fingerprint density at radius 1 is 0.684 bits per heavy atom. The molecule has 8 heteroatoms. The molecule has 2 aliphatic heterocycles. The fourth-order valence-corrected chi connectivity index (χ4v) is 4.62. The Morgan fingerprint density at radius 2 is 1.18 bits per heavy atom. The smallest absolute Gasteiger partial charge is 0.122 e. The molecular weight excluding hydrogens is 484 g/mol. The third-order valence-corrected chi connectivity index (χ3v) is 6.54. The van der Waals surface area contributed by atoms with E-state index >= 15 is 0 Å². The third-order valence-electron chi connectivity index (χ3n) is 6.54. The largest absolute Gasteiger partial charge is 0.491 e. The number of hydrogen-bond acceptors (Lipinski definition) is 8. The van der Waals surface area contributed by atoms with E-state index in [1.54, 1.807) is 0 Å². The molecule has 38 heavy (non-hydrogen) atoms. The summed E-state index contributed by atoms with van der Waals surface area (Å²) in [6, 6.07) is 12.2. The van der Waals surface area contributed by atoms with Gasteiger partial charge in [-0.2, -0.15) is 0 Å². The minimum atomic E-state index is -0.459. The quantitative estimate of drug-likeness (QED) is 0.485. The third kappa shape index (κ3) is 11.3. The van der Waals surface area contributed by atoms with Crippen LogP contribution >= 0.6 is 0 Å². The van der Waals surface area contributed by atoms with Gasteiger partial charge in [-0.3, -0.25) is 9.80 Å². The van der Waals surface area contributed by atoms with Crippen LogP contribution in [-0.2, 0) is 9.47 Å². The van der Waals surface area contributed by atoms with Crippen LogP contribution in [0, 0.1) is 27.7 Å². The predicted molar refractivity (Wildman–Crippen MR) is 149 cm³/mol. The summed E-state index contributed by atoms with van der Waals surface area (Å²) >= 11 is 0. The number of morpholine rings is 2. The monoisotopic (exact) mass is 530 g/mol. The minimum Gasteiger partial charge on any atom is -0.491 e. The van der Waals surface area contributed by atoms with Crippen LogP contribution in [0.3, 0.4) is 0 Å². The van der Waals surface area contributed by atoms with Crippen LogP contribution in [0.2, 0.25) is 0 Å². The molecule has 0 amide bonds. The summed E-state index contributed by atoms with van der Waals surface area (Å²) in [6.45, 7) is 16.7. The lowest BCUT2D eigenvalue weighted by molar-refractivity contribution is 0.00449. The summed E-state index contributed by atoms with van der Waals surface area (Å²) in [5.74, 6) is 1.69. The molecule has 2 heterocycles. The number of nitrogens with zero attached hydrogens (tertiary/aromatic N) is 2. The van der Waals surface area contributed by atoms with Crippen molar-refractivity contribution in [2.24, 2.45) is 0 Å². The van der Waals surface area contributed by atoms with Gasteiger partial charge in [-0.05, 0) is 62.6 Å². The zero-order chi connectivity index (χ0) is 27.3. The lowest BCUT2D eigenvalue weighted by Crippen LogP contribution is -2.42. The summed E-state index contributed by atoms with van der Waals surface area (Å²) in [5, 5.41) is 20.0. The molecule has 2 unspecified atom stereocenters. The first-order chi connectivity index (χ1) is 18.3. The average Bonchev–Trinajstić information content (AvgIpc) is 2.88. The number of ether oxygens (including phenoxy) is 4. The number of aliphatic hydroxyl groups is 2. The molecule has 2 N–H and O–H groups in total. The molecule has 0 spiro atoms. The highest BCUT2D eigenvalue weighted by atomic mass is 16.5. The molecule has 212 valence electrons. The molecule has 0 aliphatic carbocycles. The van der Waals surface area contributed by atoms with Crippen LogP contribution in [0.25, 0.3) is 0 Å². The van der Waals surface area contributed by atoms with Gasteiger partial charge in [-0.1, -0.05) is 23.8 Å². The van der Waals surface area contributed by atoms with Gasteiger partial charge in [-0.15, -0.1) is 0 Å². The molecule has 0 aromatic heterocycles. The Bertz CT molecular complexity index is 940. The van der Waals surface area contributed by atoms with Crippen LogP contribution in [-0.4, -0.2) is 111 Å². The molecule has 2 fully saturated rings. The van der Waals surface area contributed by atoms with E-state index in [1.807, 2.05) is 45.0 Å². The Balaban J connectivity index is 0.000000211. The molecule has 2 aromatic carbocycles. The van der Waals surface area contributed by atoms with Gasteiger partial charge in [0, 0.05) is 39.3 Å². The number of rotatable bonds is 10. The van der Waals surface area contributed by atoms with E-state index in [0.29, 0.717) is 26.3 Å². The summed E-state index contributed by atoms with van der Waals surface area (Å²) < 4.78 is 21.9. The highest BCUT2D eigenvalue weighted by molar-refractivity contribution is 5.35. The second-order valence-electron chi connectivity index (χ2n) is 10.3. The van der Waals surface area contributed by atoms with Crippen LogP contribution in [0.15, 0.2) is 36.4 Å². The first kappa shape index (κ1) is 30.3. The van der Waals surface area contributed by atoms with Gasteiger partial charge in [0.1, 0.15) is 36.9 Å². The average molecular weight is 531 g/mol. The van der Waals surface area contributed by atoms with Gasteiger partial charge in [0.15, 0.2) is 0 Å². The number of aliphatic hydroxyl groups excluding tert-OH is 2. The zero-order valence-electron chi connectivity index (χ0n) is 23.5. The zero-order valence-corrected chi connectivity index (χ0v) is 23.5. The lowest BCUT2D eigenvalue weighted by Gasteiger charge is -2.28. The van der Waals surface area contributed by atoms with E-state index < -0.39 is 12.2 Å². The van der Waals surface area contributed by atoms with Gasteiger partial charge in [0.2, 0.25) is 0 Å². The Morgan fingerprint density at radius 3 is 1.68 bits per heavy atom. The molecule has 8 nitrogen and oxygen atoms in total. The van der Waals surface area contributed by atoms with Crippen molar-refractivity contribution in [2.45, 2.75) is 39.9 Å². The maximum atomic E-state index is 10.0. The second-order valence-corrected chi connectivity index (χ2v) is 10.3. The van der Waals surface area contributed by atoms with E-state index in [9.17, 15) is 10.2 Å². The van der Waals surface area contributed by atoms with E-state index in [0.717, 1.165) is 69.7 Å². The topological polar surface area (TPSA) is 83.9 Å². The summed E-state index contributed by atoms with van der Waals surface area (Å²) in [5.41, 5.74) is 4.69. The first-order valence-corrected chi connectivity index (χ1v) is 13.7. The first-order valence-electron chi connectivity index (χ1n) is 13.7. The number of hydrogen-bond donors (Lipinski definition) is 2. The molecule has 4 rings (SSSR count). The van der Waals surface area contributed by atoms with Gasteiger partial charge in [-0.25, -0.2) is 0 Å². The van der Waals surface area contributed by atoms with E-state index in [4.69, 9.17) is 18.9 Å². The highest BCUT2D eigenvalue weighted by Gasteiger charge is 2.16. The van der Waals surface area contributed by atoms with E-state index in [1.165, 1.54) is 16.7 Å². The van der Waals surface area contributed by atoms with Crippen LogP contribution in [0.1, 0.15) is 22.3 Å². The van der Waals surface area contributed by atoms with E-state index in [2.05, 4.69) is 28.9 Å². The van der Waals surface area contributed by atoms with Crippen LogP contribution in [0.4, 0.5) is 0 Å². The molecule has 0 saturated carbocycles. The normalized spacial score (nSPS) is 18.3. The van der Waals surface area contributed by atoms with Crippen molar-refractivity contribution in [1.29, 1.82) is 0 Å². The predicted octanol–water partition coefficient (Wildman–Crippen LogP) is 2.75. The van der Waals surface area contributed by atoms with Crippen molar-refractivity contribution >= 4 is 0 Å². The Hall–Kier alpha value is -2.20. The highest BCUT2D eigenvalue weighted by Crippen LogP contribution is 2.19. The van der Waals surface area contributed by atoms with Gasteiger partial charge in [0.25, 0.3) is 0 Å². The number of β-amino-alcohol motifs (C(OH)–C–C–N with tert-alkyl or cyclic N) is 2. The minimum absolute atomic E-state index is 0.334. The standard InChI is InChI=1S/2C15H23NO3/c1-12-7-13(2)9-15(8-12)19-11-14(17)10-16-3-5-18-6-4-16;1-12-3-4-15(13(2)9-12)19-11-14(17)10-16-5-7-18-8-6-16/h7-9,14,17H,3-6,10-11H2,1-2H3;3-4,9,14,17H,5-8,10-11H2,1-2H3. The van der Waals surface area contributed by atoms with Crippen molar-refractivity contribution in [2.75, 3.05) is 78.9 Å². The van der Waals surface area contributed by atoms with Gasteiger partial charge in [0.05, 0.1) is 26.4 Å². The second kappa shape index (κ2) is 16.0. The molecule has 0 radical (unpaired) electrons. The lowest BCUT2D eigenvalue weighted by atomic mass is 10.1. The molecule has 2 aliphatic rings. The molecule has 2 atom stereocenters. The van der Waals surface area contributed by atoms with Gasteiger partial charge < -0.3 is 29.2 Å². The van der Waals surface area contributed by atoms with Crippen molar-refractivity contribution in [3.05, 3.63) is 58.7 Å². The number of benzene rings is 2. The molecule has 2 saturated heterocycles. The fourth-order valence-electron chi connectivity index (χ4n) is 4.62. The van der Waals surface area contributed by atoms with E-state index in [-0.39, 0.29) is 0 Å². The van der Waals surface area contributed by atoms with Crippen molar-refractivity contribution < 1.29 is 29.2 Å². The van der Waals surface area contributed by atoms with Crippen LogP contribution in [0.5, 0.6) is 11.5 Å². The Labute approximate surface area is 228 Å².